The van der Waals surface area contributed by atoms with E-state index in [1.807, 2.05) is 43.6 Å². The normalized spacial score (nSPS) is 10.8. The second-order valence-electron chi connectivity index (χ2n) is 3.94. The van der Waals surface area contributed by atoms with Crippen LogP contribution in [0.5, 0.6) is 0 Å². The molecule has 5 heteroatoms. The Balaban J connectivity index is 1.96. The highest BCUT2D eigenvalue weighted by Gasteiger charge is 2.06. The number of halogens is 1. The van der Waals surface area contributed by atoms with Crippen LogP contribution >= 0.6 is 27.3 Å². The SMILES string of the molecule is Cc1ccc(-n2ccc(-c3ccc(Br)s3)n2)nc1. The van der Waals surface area contributed by atoms with Crippen molar-refractivity contribution in [2.24, 2.45) is 0 Å². The fraction of sp³-hybridized carbons (Fsp3) is 0.0769. The van der Waals surface area contributed by atoms with E-state index in [0.717, 1.165) is 25.7 Å². The number of aryl methyl sites for hydroxylation is 1. The van der Waals surface area contributed by atoms with Gasteiger partial charge in [0.05, 0.1) is 8.66 Å². The van der Waals surface area contributed by atoms with Crippen molar-refractivity contribution in [3.63, 3.8) is 0 Å². The van der Waals surface area contributed by atoms with Crippen molar-refractivity contribution in [1.82, 2.24) is 14.8 Å². The fourth-order valence-electron chi connectivity index (χ4n) is 1.63. The molecule has 3 heterocycles. The minimum atomic E-state index is 0.836. The highest BCUT2D eigenvalue weighted by atomic mass is 79.9. The van der Waals surface area contributed by atoms with Crippen LogP contribution < -0.4 is 0 Å². The molecule has 0 atom stereocenters. The second-order valence-corrected chi connectivity index (χ2v) is 6.41. The van der Waals surface area contributed by atoms with E-state index in [1.165, 1.54) is 0 Å². The number of nitrogens with zero attached hydrogens (tertiary/aromatic N) is 3. The lowest BCUT2D eigenvalue weighted by molar-refractivity contribution is 0.849. The van der Waals surface area contributed by atoms with Crippen LogP contribution in [0.2, 0.25) is 0 Å². The third-order valence-electron chi connectivity index (χ3n) is 2.55. The molecule has 3 aromatic rings. The molecule has 0 spiro atoms. The van der Waals surface area contributed by atoms with E-state index in [2.05, 4.69) is 32.1 Å². The minimum Gasteiger partial charge on any atom is -0.237 e. The van der Waals surface area contributed by atoms with Gasteiger partial charge in [-0.1, -0.05) is 6.07 Å². The molecule has 3 rings (SSSR count). The topological polar surface area (TPSA) is 30.7 Å². The predicted molar refractivity (Wildman–Crippen MR) is 77.1 cm³/mol. The fourth-order valence-corrected chi connectivity index (χ4v) is 2.98. The third kappa shape index (κ3) is 2.23. The summed E-state index contributed by atoms with van der Waals surface area (Å²) >= 11 is 5.13. The Hall–Kier alpha value is -1.46. The molecule has 0 amide bonds. The van der Waals surface area contributed by atoms with E-state index in [-0.39, 0.29) is 0 Å². The monoisotopic (exact) mass is 319 g/mol. The van der Waals surface area contributed by atoms with Gasteiger partial charge in [0, 0.05) is 12.4 Å². The summed E-state index contributed by atoms with van der Waals surface area (Å²) in [5.41, 5.74) is 2.11. The van der Waals surface area contributed by atoms with Crippen LogP contribution in [0.4, 0.5) is 0 Å². The highest BCUT2D eigenvalue weighted by Crippen LogP contribution is 2.30. The van der Waals surface area contributed by atoms with Crippen molar-refractivity contribution in [3.8, 4) is 16.4 Å². The van der Waals surface area contributed by atoms with Gasteiger partial charge >= 0.3 is 0 Å². The van der Waals surface area contributed by atoms with Gasteiger partial charge < -0.3 is 0 Å². The lowest BCUT2D eigenvalue weighted by Gasteiger charge is -1.99. The Morgan fingerprint density at radius 1 is 1.17 bits per heavy atom. The maximum absolute atomic E-state index is 4.54. The molecule has 90 valence electrons. The summed E-state index contributed by atoms with van der Waals surface area (Å²) in [5, 5.41) is 4.54. The van der Waals surface area contributed by atoms with Crippen molar-refractivity contribution in [2.75, 3.05) is 0 Å². The van der Waals surface area contributed by atoms with Gasteiger partial charge in [-0.2, -0.15) is 5.10 Å². The van der Waals surface area contributed by atoms with Crippen LogP contribution in [0.15, 0.2) is 46.5 Å². The summed E-state index contributed by atoms with van der Waals surface area (Å²) in [5.74, 6) is 0.836. The van der Waals surface area contributed by atoms with Gasteiger partial charge in [-0.25, -0.2) is 9.67 Å². The highest BCUT2D eigenvalue weighted by molar-refractivity contribution is 9.11. The first-order valence-electron chi connectivity index (χ1n) is 5.47. The summed E-state index contributed by atoms with van der Waals surface area (Å²) in [6.45, 7) is 2.02. The van der Waals surface area contributed by atoms with E-state index in [1.54, 1.807) is 16.0 Å². The van der Waals surface area contributed by atoms with Crippen molar-refractivity contribution >= 4 is 27.3 Å². The molecule has 0 radical (unpaired) electrons. The Morgan fingerprint density at radius 2 is 2.06 bits per heavy atom. The van der Waals surface area contributed by atoms with E-state index >= 15 is 0 Å². The van der Waals surface area contributed by atoms with Gasteiger partial charge in [-0.15, -0.1) is 11.3 Å². The minimum absolute atomic E-state index is 0.836. The largest absolute Gasteiger partial charge is 0.237 e. The van der Waals surface area contributed by atoms with Crippen LogP contribution in [0.25, 0.3) is 16.4 Å². The van der Waals surface area contributed by atoms with E-state index < -0.39 is 0 Å². The summed E-state index contributed by atoms with van der Waals surface area (Å²) in [4.78, 5) is 5.50. The van der Waals surface area contributed by atoms with Crippen molar-refractivity contribution < 1.29 is 0 Å². The maximum Gasteiger partial charge on any atom is 0.153 e. The maximum atomic E-state index is 4.54. The molecule has 0 aromatic carbocycles. The number of hydrogen-bond acceptors (Lipinski definition) is 3. The number of aromatic nitrogens is 3. The molecule has 18 heavy (non-hydrogen) atoms. The van der Waals surface area contributed by atoms with Gasteiger partial charge in [0.2, 0.25) is 0 Å². The standard InChI is InChI=1S/C13H10BrN3S/c1-9-2-5-13(15-8-9)17-7-6-10(16-17)11-3-4-12(14)18-11/h2-8H,1H3. The molecule has 0 bridgehead atoms. The lowest BCUT2D eigenvalue weighted by atomic mass is 10.3. The quantitative estimate of drug-likeness (QED) is 0.713. The van der Waals surface area contributed by atoms with Crippen molar-refractivity contribution in [2.45, 2.75) is 6.92 Å². The zero-order chi connectivity index (χ0) is 12.5. The van der Waals surface area contributed by atoms with Gasteiger partial charge in [0.15, 0.2) is 5.82 Å². The first-order valence-corrected chi connectivity index (χ1v) is 7.08. The average Bonchev–Trinajstić information content (AvgIpc) is 2.98. The Kier molecular flexibility index (Phi) is 3.01. The van der Waals surface area contributed by atoms with Crippen LogP contribution in [-0.4, -0.2) is 14.8 Å². The second kappa shape index (κ2) is 4.66. The Labute approximate surface area is 117 Å². The molecule has 0 saturated carbocycles. The molecular weight excluding hydrogens is 310 g/mol. The zero-order valence-electron chi connectivity index (χ0n) is 9.67. The number of pyridine rings is 1. The van der Waals surface area contributed by atoms with Crippen LogP contribution in [-0.2, 0) is 0 Å². The molecule has 0 aliphatic rings. The summed E-state index contributed by atoms with van der Waals surface area (Å²) in [7, 11) is 0. The summed E-state index contributed by atoms with van der Waals surface area (Å²) < 4.78 is 2.91. The number of rotatable bonds is 2. The van der Waals surface area contributed by atoms with Gasteiger partial charge in [0.25, 0.3) is 0 Å². The lowest BCUT2D eigenvalue weighted by Crippen LogP contribution is -1.97. The van der Waals surface area contributed by atoms with Crippen LogP contribution in [0, 0.1) is 6.92 Å². The number of thiophene rings is 1. The first kappa shape index (κ1) is 11.6. The number of hydrogen-bond donors (Lipinski definition) is 0. The molecular formula is C13H10BrN3S. The molecule has 0 fully saturated rings. The molecule has 3 nitrogen and oxygen atoms in total. The first-order chi connectivity index (χ1) is 8.72. The third-order valence-corrected chi connectivity index (χ3v) is 4.19. The molecule has 3 aromatic heterocycles. The molecule has 0 aliphatic carbocycles. The zero-order valence-corrected chi connectivity index (χ0v) is 12.1. The smallest absolute Gasteiger partial charge is 0.153 e. The Bertz CT molecular complexity index is 670. The summed E-state index contributed by atoms with van der Waals surface area (Å²) in [6.07, 6.45) is 3.78. The van der Waals surface area contributed by atoms with E-state index in [0.29, 0.717) is 0 Å². The van der Waals surface area contributed by atoms with Crippen molar-refractivity contribution in [3.05, 3.63) is 52.1 Å². The van der Waals surface area contributed by atoms with E-state index in [9.17, 15) is 0 Å². The predicted octanol–water partition coefficient (Wildman–Crippen LogP) is 4.07. The van der Waals surface area contributed by atoms with Crippen LogP contribution in [0.1, 0.15) is 5.56 Å². The summed E-state index contributed by atoms with van der Waals surface area (Å²) in [6, 6.07) is 10.1. The van der Waals surface area contributed by atoms with Crippen molar-refractivity contribution in [1.29, 1.82) is 0 Å². The van der Waals surface area contributed by atoms with Crippen LogP contribution in [0.3, 0.4) is 0 Å². The Morgan fingerprint density at radius 3 is 2.72 bits per heavy atom. The molecule has 0 saturated heterocycles. The average molecular weight is 320 g/mol. The molecule has 0 unspecified atom stereocenters. The van der Waals surface area contributed by atoms with Gasteiger partial charge in [0.1, 0.15) is 5.69 Å². The molecule has 0 N–H and O–H groups in total. The van der Waals surface area contributed by atoms with E-state index in [4.69, 9.17) is 0 Å². The van der Waals surface area contributed by atoms with Gasteiger partial charge in [-0.05, 0) is 52.7 Å². The van der Waals surface area contributed by atoms with Gasteiger partial charge in [-0.3, -0.25) is 0 Å². The molecule has 0 aliphatic heterocycles.